The van der Waals surface area contributed by atoms with Gasteiger partial charge in [-0.05, 0) is 31.5 Å². The van der Waals surface area contributed by atoms with Gasteiger partial charge in [0.2, 0.25) is 5.91 Å². The van der Waals surface area contributed by atoms with E-state index in [9.17, 15) is 4.79 Å². The van der Waals surface area contributed by atoms with Gasteiger partial charge in [0.25, 0.3) is 0 Å². The fourth-order valence-corrected chi connectivity index (χ4v) is 1.89. The number of hydrogen-bond donors (Lipinski definition) is 2. The quantitative estimate of drug-likeness (QED) is 0.775. The highest BCUT2D eigenvalue weighted by atomic mass is 16.2. The molecule has 0 aliphatic carbocycles. The van der Waals surface area contributed by atoms with Gasteiger partial charge < -0.3 is 10.6 Å². The second kappa shape index (κ2) is 5.61. The van der Waals surface area contributed by atoms with Crippen LogP contribution in [0.1, 0.15) is 18.5 Å². The van der Waals surface area contributed by atoms with Crippen molar-refractivity contribution in [3.63, 3.8) is 0 Å². The Morgan fingerprint density at radius 3 is 3.19 bits per heavy atom. The molecule has 1 aliphatic rings. The van der Waals surface area contributed by atoms with Crippen molar-refractivity contribution in [3.05, 3.63) is 30.1 Å². The van der Waals surface area contributed by atoms with Gasteiger partial charge >= 0.3 is 0 Å². The van der Waals surface area contributed by atoms with Gasteiger partial charge in [-0.3, -0.25) is 9.78 Å². The Hall–Kier alpha value is -1.42. The third-order valence-electron chi connectivity index (χ3n) is 2.78. The lowest BCUT2D eigenvalue weighted by Gasteiger charge is -2.10. The summed E-state index contributed by atoms with van der Waals surface area (Å²) in [6.07, 6.45) is 4.61. The number of pyridine rings is 1. The molecule has 0 spiro atoms. The molecule has 0 unspecified atom stereocenters. The summed E-state index contributed by atoms with van der Waals surface area (Å²) in [5, 5.41) is 6.11. The first-order chi connectivity index (χ1) is 7.86. The summed E-state index contributed by atoms with van der Waals surface area (Å²) >= 11 is 0. The zero-order valence-electron chi connectivity index (χ0n) is 9.28. The van der Waals surface area contributed by atoms with Crippen LogP contribution in [0.3, 0.4) is 0 Å². The standard InChI is InChI=1S/C12H17N3O/c16-12(11-5-3-8-14-11)15-9-6-10-4-1-2-7-13-10/h1-2,4,7,11,14H,3,5-6,8-9H2,(H,15,16)/t11-/m0/s1. The molecule has 1 atom stereocenters. The Morgan fingerprint density at radius 2 is 2.50 bits per heavy atom. The highest BCUT2D eigenvalue weighted by molar-refractivity contribution is 5.81. The number of amides is 1. The first kappa shape index (κ1) is 11.1. The summed E-state index contributed by atoms with van der Waals surface area (Å²) in [5.41, 5.74) is 1.02. The van der Waals surface area contributed by atoms with Gasteiger partial charge in [0.05, 0.1) is 6.04 Å². The van der Waals surface area contributed by atoms with Crippen molar-refractivity contribution in [3.8, 4) is 0 Å². The molecule has 16 heavy (non-hydrogen) atoms. The van der Waals surface area contributed by atoms with Crippen LogP contribution in [-0.4, -0.2) is 30.0 Å². The van der Waals surface area contributed by atoms with Crippen LogP contribution in [0.25, 0.3) is 0 Å². The number of nitrogens with one attached hydrogen (secondary N) is 2. The number of carbonyl (C=O) groups is 1. The van der Waals surface area contributed by atoms with Crippen molar-refractivity contribution in [1.82, 2.24) is 15.6 Å². The molecule has 4 heteroatoms. The molecule has 0 radical (unpaired) electrons. The Labute approximate surface area is 95.5 Å². The molecule has 1 aromatic rings. The van der Waals surface area contributed by atoms with Gasteiger partial charge in [-0.2, -0.15) is 0 Å². The Bertz CT molecular complexity index is 333. The molecule has 0 saturated carbocycles. The van der Waals surface area contributed by atoms with Gasteiger partial charge in [0.15, 0.2) is 0 Å². The van der Waals surface area contributed by atoms with E-state index in [2.05, 4.69) is 15.6 Å². The molecule has 86 valence electrons. The summed E-state index contributed by atoms with van der Waals surface area (Å²) in [7, 11) is 0. The molecule has 0 bridgehead atoms. The maximum absolute atomic E-state index is 11.6. The van der Waals surface area contributed by atoms with Crippen LogP contribution in [0.2, 0.25) is 0 Å². The van der Waals surface area contributed by atoms with E-state index < -0.39 is 0 Å². The predicted molar refractivity (Wildman–Crippen MR) is 62.0 cm³/mol. The monoisotopic (exact) mass is 219 g/mol. The maximum atomic E-state index is 11.6. The fourth-order valence-electron chi connectivity index (χ4n) is 1.89. The van der Waals surface area contributed by atoms with Crippen LogP contribution in [-0.2, 0) is 11.2 Å². The van der Waals surface area contributed by atoms with E-state index in [0.717, 1.165) is 31.5 Å². The molecular formula is C12H17N3O. The first-order valence-corrected chi connectivity index (χ1v) is 5.77. The molecule has 0 aromatic carbocycles. The van der Waals surface area contributed by atoms with Crippen LogP contribution < -0.4 is 10.6 Å². The van der Waals surface area contributed by atoms with Crippen molar-refractivity contribution in [2.45, 2.75) is 25.3 Å². The third kappa shape index (κ3) is 3.03. The largest absolute Gasteiger partial charge is 0.354 e. The third-order valence-corrected chi connectivity index (χ3v) is 2.78. The average molecular weight is 219 g/mol. The highest BCUT2D eigenvalue weighted by Gasteiger charge is 2.21. The van der Waals surface area contributed by atoms with Crippen LogP contribution in [0.15, 0.2) is 24.4 Å². The fraction of sp³-hybridized carbons (Fsp3) is 0.500. The molecule has 1 saturated heterocycles. The normalized spacial score (nSPS) is 19.6. The zero-order chi connectivity index (χ0) is 11.2. The molecule has 2 N–H and O–H groups in total. The number of hydrogen-bond acceptors (Lipinski definition) is 3. The van der Waals surface area contributed by atoms with E-state index in [4.69, 9.17) is 0 Å². The zero-order valence-corrected chi connectivity index (χ0v) is 9.28. The van der Waals surface area contributed by atoms with Crippen LogP contribution in [0, 0.1) is 0 Å². The number of carbonyl (C=O) groups excluding carboxylic acids is 1. The van der Waals surface area contributed by atoms with E-state index >= 15 is 0 Å². The summed E-state index contributed by atoms with van der Waals surface area (Å²) in [4.78, 5) is 15.8. The Morgan fingerprint density at radius 1 is 1.56 bits per heavy atom. The summed E-state index contributed by atoms with van der Waals surface area (Å²) in [5.74, 6) is 0.119. The smallest absolute Gasteiger partial charge is 0.237 e. The molecule has 1 amide bonds. The minimum Gasteiger partial charge on any atom is -0.354 e. The van der Waals surface area contributed by atoms with Gasteiger partial charge in [-0.15, -0.1) is 0 Å². The lowest BCUT2D eigenvalue weighted by atomic mass is 10.2. The molecule has 1 aliphatic heterocycles. The average Bonchev–Trinajstić information content (AvgIpc) is 2.84. The van der Waals surface area contributed by atoms with Crippen molar-refractivity contribution in [2.75, 3.05) is 13.1 Å². The van der Waals surface area contributed by atoms with E-state index in [1.54, 1.807) is 6.20 Å². The van der Waals surface area contributed by atoms with Crippen molar-refractivity contribution >= 4 is 5.91 Å². The first-order valence-electron chi connectivity index (χ1n) is 5.77. The lowest BCUT2D eigenvalue weighted by Crippen LogP contribution is -2.41. The SMILES string of the molecule is O=C(NCCc1ccccn1)[C@@H]1CCCN1. The Balaban J connectivity index is 1.70. The van der Waals surface area contributed by atoms with Gasteiger partial charge in [0.1, 0.15) is 0 Å². The minimum atomic E-state index is 0.0173. The summed E-state index contributed by atoms with van der Waals surface area (Å²) in [6, 6.07) is 5.84. The maximum Gasteiger partial charge on any atom is 0.237 e. The van der Waals surface area contributed by atoms with Crippen molar-refractivity contribution in [2.24, 2.45) is 0 Å². The van der Waals surface area contributed by atoms with Crippen molar-refractivity contribution in [1.29, 1.82) is 0 Å². The second-order valence-electron chi connectivity index (χ2n) is 4.01. The number of nitrogens with zero attached hydrogens (tertiary/aromatic N) is 1. The minimum absolute atomic E-state index is 0.0173. The number of rotatable bonds is 4. The van der Waals surface area contributed by atoms with Gasteiger partial charge in [-0.25, -0.2) is 0 Å². The van der Waals surface area contributed by atoms with Crippen LogP contribution >= 0.6 is 0 Å². The molecule has 2 heterocycles. The molecular weight excluding hydrogens is 202 g/mol. The lowest BCUT2D eigenvalue weighted by molar-refractivity contribution is -0.122. The van der Waals surface area contributed by atoms with Gasteiger partial charge in [-0.1, -0.05) is 6.07 Å². The van der Waals surface area contributed by atoms with E-state index in [1.807, 2.05) is 18.2 Å². The molecule has 1 fully saturated rings. The predicted octanol–water partition coefficient (Wildman–Crippen LogP) is 0.492. The van der Waals surface area contributed by atoms with Crippen LogP contribution in [0.5, 0.6) is 0 Å². The summed E-state index contributed by atoms with van der Waals surface area (Å²) < 4.78 is 0. The Kier molecular flexibility index (Phi) is 3.88. The van der Waals surface area contributed by atoms with Crippen molar-refractivity contribution < 1.29 is 4.79 Å². The molecule has 1 aromatic heterocycles. The van der Waals surface area contributed by atoms with Gasteiger partial charge in [0, 0.05) is 24.9 Å². The van der Waals surface area contributed by atoms with E-state index in [0.29, 0.717) is 6.54 Å². The van der Waals surface area contributed by atoms with Crippen LogP contribution in [0.4, 0.5) is 0 Å². The topological polar surface area (TPSA) is 54.0 Å². The van der Waals surface area contributed by atoms with E-state index in [1.165, 1.54) is 0 Å². The molecule has 2 rings (SSSR count). The second-order valence-corrected chi connectivity index (χ2v) is 4.01. The highest BCUT2D eigenvalue weighted by Crippen LogP contribution is 2.04. The van der Waals surface area contributed by atoms with E-state index in [-0.39, 0.29) is 11.9 Å². The summed E-state index contributed by atoms with van der Waals surface area (Å²) in [6.45, 7) is 1.62. The number of aromatic nitrogens is 1. The molecule has 4 nitrogen and oxygen atoms in total.